The van der Waals surface area contributed by atoms with Gasteiger partial charge >= 0.3 is 0 Å². The monoisotopic (exact) mass is 309 g/mol. The Kier molecular flexibility index (Phi) is 4.80. The molecule has 1 aromatic carbocycles. The lowest BCUT2D eigenvalue weighted by molar-refractivity contribution is 0.0989. The molecule has 1 heterocycles. The second kappa shape index (κ2) is 6.58. The number of halogens is 1. The number of hydrogen-bond acceptors (Lipinski definition) is 5. The van der Waals surface area contributed by atoms with Gasteiger partial charge in [-0.25, -0.2) is 9.67 Å². The van der Waals surface area contributed by atoms with Crippen molar-refractivity contribution >= 4 is 17.4 Å². The van der Waals surface area contributed by atoms with Gasteiger partial charge in [-0.3, -0.25) is 4.79 Å². The predicted molar refractivity (Wildman–Crippen MR) is 78.3 cm³/mol. The Morgan fingerprint density at radius 1 is 1.33 bits per heavy atom. The topological polar surface area (TPSA) is 66.2 Å². The van der Waals surface area contributed by atoms with Crippen LogP contribution in [-0.2, 0) is 13.0 Å². The van der Waals surface area contributed by atoms with E-state index in [4.69, 9.17) is 21.1 Å². The fourth-order valence-electron chi connectivity index (χ4n) is 2.01. The van der Waals surface area contributed by atoms with Gasteiger partial charge in [-0.05, 0) is 19.1 Å². The molecule has 2 aromatic rings. The van der Waals surface area contributed by atoms with E-state index in [0.29, 0.717) is 34.5 Å². The van der Waals surface area contributed by atoms with Crippen molar-refractivity contribution in [2.24, 2.45) is 0 Å². The molecule has 1 aromatic heterocycles. The molecule has 112 valence electrons. The van der Waals surface area contributed by atoms with E-state index in [1.54, 1.807) is 16.8 Å². The number of ether oxygens (including phenoxy) is 2. The zero-order valence-electron chi connectivity index (χ0n) is 12.1. The van der Waals surface area contributed by atoms with Crippen molar-refractivity contribution in [3.8, 4) is 11.5 Å². The summed E-state index contributed by atoms with van der Waals surface area (Å²) in [6, 6.07) is 3.18. The zero-order valence-corrected chi connectivity index (χ0v) is 12.8. The van der Waals surface area contributed by atoms with Gasteiger partial charge in [0.25, 0.3) is 0 Å². The second-order valence-electron chi connectivity index (χ2n) is 4.29. The Morgan fingerprint density at radius 2 is 2.10 bits per heavy atom. The molecular weight excluding hydrogens is 294 g/mol. The van der Waals surface area contributed by atoms with Crippen LogP contribution in [-0.4, -0.2) is 34.8 Å². The smallest absolute Gasteiger partial charge is 0.179 e. The van der Waals surface area contributed by atoms with Crippen LogP contribution >= 0.6 is 11.6 Å². The molecule has 0 radical (unpaired) electrons. The summed E-state index contributed by atoms with van der Waals surface area (Å²) < 4.78 is 12.0. The van der Waals surface area contributed by atoms with Crippen molar-refractivity contribution < 1.29 is 14.3 Å². The van der Waals surface area contributed by atoms with Gasteiger partial charge in [0.05, 0.1) is 25.7 Å². The average Bonchev–Trinajstić information content (AvgIpc) is 2.93. The summed E-state index contributed by atoms with van der Waals surface area (Å²) in [7, 11) is 2.99. The van der Waals surface area contributed by atoms with Crippen molar-refractivity contribution in [2.45, 2.75) is 19.9 Å². The minimum Gasteiger partial charge on any atom is -0.493 e. The lowest BCUT2D eigenvalue weighted by Crippen LogP contribution is -2.11. The zero-order chi connectivity index (χ0) is 15.4. The van der Waals surface area contributed by atoms with Crippen LogP contribution < -0.4 is 9.47 Å². The first-order chi connectivity index (χ1) is 10.1. The van der Waals surface area contributed by atoms with Crippen molar-refractivity contribution in [3.63, 3.8) is 0 Å². The SMILES string of the molecule is CCn1ncnc1CC(=O)c1cc(Cl)c(OC)c(OC)c1. The molecule has 0 saturated carbocycles. The highest BCUT2D eigenvalue weighted by atomic mass is 35.5. The molecule has 0 unspecified atom stereocenters. The summed E-state index contributed by atoms with van der Waals surface area (Å²) in [4.78, 5) is 16.5. The molecule has 0 fully saturated rings. The van der Waals surface area contributed by atoms with Gasteiger partial charge in [0.15, 0.2) is 17.3 Å². The fraction of sp³-hybridized carbons (Fsp3) is 0.357. The van der Waals surface area contributed by atoms with Crippen LogP contribution in [0.15, 0.2) is 18.5 Å². The molecule has 7 heteroatoms. The largest absolute Gasteiger partial charge is 0.493 e. The maximum Gasteiger partial charge on any atom is 0.179 e. The van der Waals surface area contributed by atoms with Crippen molar-refractivity contribution in [1.82, 2.24) is 14.8 Å². The average molecular weight is 310 g/mol. The van der Waals surface area contributed by atoms with Crippen LogP contribution in [0.3, 0.4) is 0 Å². The number of carbonyl (C=O) groups excluding carboxylic acids is 1. The molecule has 0 amide bonds. The quantitative estimate of drug-likeness (QED) is 0.767. The van der Waals surface area contributed by atoms with E-state index in [1.807, 2.05) is 6.92 Å². The Labute approximate surface area is 127 Å². The first kappa shape index (κ1) is 15.3. The van der Waals surface area contributed by atoms with Crippen molar-refractivity contribution in [1.29, 1.82) is 0 Å². The third-order valence-corrected chi connectivity index (χ3v) is 3.35. The lowest BCUT2D eigenvalue weighted by atomic mass is 10.1. The number of rotatable bonds is 6. The highest BCUT2D eigenvalue weighted by molar-refractivity contribution is 6.32. The van der Waals surface area contributed by atoms with Gasteiger partial charge in [0, 0.05) is 12.1 Å². The number of aromatic nitrogens is 3. The Hall–Kier alpha value is -2.08. The van der Waals surface area contributed by atoms with E-state index >= 15 is 0 Å². The van der Waals surface area contributed by atoms with E-state index in [2.05, 4.69) is 10.1 Å². The first-order valence-corrected chi connectivity index (χ1v) is 6.79. The van der Waals surface area contributed by atoms with Crippen LogP contribution in [0.5, 0.6) is 11.5 Å². The molecule has 0 spiro atoms. The minimum atomic E-state index is -0.111. The van der Waals surface area contributed by atoms with E-state index < -0.39 is 0 Å². The van der Waals surface area contributed by atoms with Gasteiger partial charge in [-0.1, -0.05) is 11.6 Å². The number of carbonyl (C=O) groups is 1. The van der Waals surface area contributed by atoms with Crippen LogP contribution in [0.25, 0.3) is 0 Å². The third-order valence-electron chi connectivity index (χ3n) is 3.07. The minimum absolute atomic E-state index is 0.111. The fourth-order valence-corrected chi connectivity index (χ4v) is 2.30. The lowest BCUT2D eigenvalue weighted by Gasteiger charge is -2.11. The maximum absolute atomic E-state index is 12.4. The van der Waals surface area contributed by atoms with Gasteiger partial charge in [-0.2, -0.15) is 5.10 Å². The molecule has 0 bridgehead atoms. The standard InChI is InChI=1S/C14H16ClN3O3/c1-4-18-13(16-8-17-18)7-11(19)9-5-10(15)14(21-3)12(6-9)20-2/h5-6,8H,4,7H2,1-3H3. The highest BCUT2D eigenvalue weighted by Gasteiger charge is 2.17. The maximum atomic E-state index is 12.4. The number of Topliss-reactive ketones (excluding diaryl/α,β-unsaturated/α-hetero) is 1. The molecule has 0 atom stereocenters. The summed E-state index contributed by atoms with van der Waals surface area (Å²) in [5.74, 6) is 1.34. The third kappa shape index (κ3) is 3.16. The normalized spacial score (nSPS) is 10.5. The molecule has 6 nitrogen and oxygen atoms in total. The molecular formula is C14H16ClN3O3. The number of methoxy groups -OCH3 is 2. The van der Waals surface area contributed by atoms with Crippen LogP contribution in [0.4, 0.5) is 0 Å². The number of aryl methyl sites for hydroxylation is 1. The summed E-state index contributed by atoms with van der Waals surface area (Å²) >= 11 is 6.11. The Morgan fingerprint density at radius 3 is 2.71 bits per heavy atom. The molecule has 2 rings (SSSR count). The van der Waals surface area contributed by atoms with Crippen LogP contribution in [0, 0.1) is 0 Å². The van der Waals surface area contributed by atoms with E-state index in [0.717, 1.165) is 0 Å². The summed E-state index contributed by atoms with van der Waals surface area (Å²) in [5, 5.41) is 4.37. The summed E-state index contributed by atoms with van der Waals surface area (Å²) in [6.45, 7) is 2.60. The van der Waals surface area contributed by atoms with E-state index in [1.165, 1.54) is 20.5 Å². The van der Waals surface area contributed by atoms with Crippen molar-refractivity contribution in [3.05, 3.63) is 34.9 Å². The molecule has 0 saturated heterocycles. The molecule has 0 aliphatic heterocycles. The van der Waals surface area contributed by atoms with Crippen molar-refractivity contribution in [2.75, 3.05) is 14.2 Å². The van der Waals surface area contributed by atoms with Gasteiger partial charge < -0.3 is 9.47 Å². The van der Waals surface area contributed by atoms with Crippen LogP contribution in [0.1, 0.15) is 23.1 Å². The second-order valence-corrected chi connectivity index (χ2v) is 4.69. The summed E-state index contributed by atoms with van der Waals surface area (Å²) in [6.07, 6.45) is 1.59. The van der Waals surface area contributed by atoms with E-state index in [9.17, 15) is 4.79 Å². The number of nitrogens with zero attached hydrogens (tertiary/aromatic N) is 3. The van der Waals surface area contributed by atoms with Crippen LogP contribution in [0.2, 0.25) is 5.02 Å². The first-order valence-electron chi connectivity index (χ1n) is 6.42. The van der Waals surface area contributed by atoms with Gasteiger partial charge in [0.1, 0.15) is 12.2 Å². The van der Waals surface area contributed by atoms with Gasteiger partial charge in [-0.15, -0.1) is 0 Å². The molecule has 0 N–H and O–H groups in total. The molecule has 21 heavy (non-hydrogen) atoms. The van der Waals surface area contributed by atoms with E-state index in [-0.39, 0.29) is 12.2 Å². The summed E-state index contributed by atoms with van der Waals surface area (Å²) in [5.41, 5.74) is 0.448. The number of benzene rings is 1. The predicted octanol–water partition coefficient (Wildman–Crippen LogP) is 2.39. The molecule has 0 aliphatic rings. The highest BCUT2D eigenvalue weighted by Crippen LogP contribution is 2.36. The molecule has 0 aliphatic carbocycles. The number of ketones is 1. The number of hydrogen-bond donors (Lipinski definition) is 0. The Balaban J connectivity index is 2.29. The Bertz CT molecular complexity index is 655. The van der Waals surface area contributed by atoms with Gasteiger partial charge in [0.2, 0.25) is 0 Å².